The van der Waals surface area contributed by atoms with E-state index in [9.17, 15) is 13.2 Å². The molecule has 1 aliphatic heterocycles. The summed E-state index contributed by atoms with van der Waals surface area (Å²) in [6, 6.07) is 6.38. The first-order valence-electron chi connectivity index (χ1n) is 9.41. The number of nitrogens with one attached hydrogen (secondary N) is 2. The maximum absolute atomic E-state index is 12.5. The van der Waals surface area contributed by atoms with Crippen molar-refractivity contribution in [2.45, 2.75) is 56.8 Å². The molecule has 1 aromatic carbocycles. The summed E-state index contributed by atoms with van der Waals surface area (Å²) < 4.78 is 27.5. The fraction of sp³-hybridized carbons (Fsp3) is 0.579. The summed E-state index contributed by atoms with van der Waals surface area (Å²) in [6.45, 7) is 2.60. The van der Waals surface area contributed by atoms with Gasteiger partial charge in [-0.1, -0.05) is 38.7 Å². The van der Waals surface area contributed by atoms with Gasteiger partial charge in [-0.2, -0.15) is 0 Å². The number of hydrogen-bond acceptors (Lipinski definition) is 4. The smallest absolute Gasteiger partial charge is 0.262 e. The highest BCUT2D eigenvalue weighted by Crippen LogP contribution is 2.30. The summed E-state index contributed by atoms with van der Waals surface area (Å²) in [5, 5.41) is 2.86. The van der Waals surface area contributed by atoms with Crippen molar-refractivity contribution in [1.82, 2.24) is 4.72 Å². The highest BCUT2D eigenvalue weighted by Gasteiger charge is 2.23. The molecule has 3 rings (SSSR count). The van der Waals surface area contributed by atoms with Gasteiger partial charge >= 0.3 is 0 Å². The van der Waals surface area contributed by atoms with E-state index in [0.717, 1.165) is 12.8 Å². The Morgan fingerprint density at radius 1 is 1.27 bits per heavy atom. The Labute approximate surface area is 155 Å². The fourth-order valence-corrected chi connectivity index (χ4v) is 4.83. The van der Waals surface area contributed by atoms with Crippen LogP contribution in [0.25, 0.3) is 0 Å². The molecule has 142 valence electrons. The zero-order chi connectivity index (χ0) is 18.6. The van der Waals surface area contributed by atoms with Gasteiger partial charge in [0, 0.05) is 24.6 Å². The topological polar surface area (TPSA) is 87.6 Å². The zero-order valence-electron chi connectivity index (χ0n) is 15.2. The van der Waals surface area contributed by atoms with Crippen LogP contribution >= 0.6 is 0 Å². The second-order valence-electron chi connectivity index (χ2n) is 7.34. The van der Waals surface area contributed by atoms with E-state index in [2.05, 4.69) is 15.0 Å². The van der Waals surface area contributed by atoms with E-state index in [-0.39, 0.29) is 16.7 Å². The van der Waals surface area contributed by atoms with E-state index < -0.39 is 10.0 Å². The predicted molar refractivity (Wildman–Crippen MR) is 103 cm³/mol. The highest BCUT2D eigenvalue weighted by atomic mass is 32.2. The van der Waals surface area contributed by atoms with Crippen molar-refractivity contribution in [1.29, 1.82) is 0 Å². The van der Waals surface area contributed by atoms with Crippen molar-refractivity contribution in [2.24, 2.45) is 16.8 Å². The molecule has 1 amide bonds. The Morgan fingerprint density at radius 2 is 2.04 bits per heavy atom. The van der Waals surface area contributed by atoms with Gasteiger partial charge in [-0.3, -0.25) is 14.5 Å². The third kappa shape index (κ3) is 4.84. The Balaban J connectivity index is 1.63. The van der Waals surface area contributed by atoms with Crippen molar-refractivity contribution in [2.75, 3.05) is 11.9 Å². The Hall–Kier alpha value is -1.89. The van der Waals surface area contributed by atoms with E-state index in [0.29, 0.717) is 30.4 Å². The van der Waals surface area contributed by atoms with Crippen molar-refractivity contribution >= 4 is 27.5 Å². The van der Waals surface area contributed by atoms with Gasteiger partial charge in [0.2, 0.25) is 5.91 Å². The molecule has 2 aliphatic rings. The summed E-state index contributed by atoms with van der Waals surface area (Å²) in [5.74, 6) is 1.01. The minimum absolute atomic E-state index is 0.0559. The number of carbonyl (C=O) groups excluding carboxylic acids is 1. The number of anilines is 1. The van der Waals surface area contributed by atoms with Crippen LogP contribution in [0.3, 0.4) is 0 Å². The second-order valence-corrected chi connectivity index (χ2v) is 9.02. The van der Waals surface area contributed by atoms with E-state index in [1.54, 1.807) is 12.1 Å². The van der Waals surface area contributed by atoms with Gasteiger partial charge in [-0.25, -0.2) is 8.42 Å². The number of amides is 1. The number of amidine groups is 1. The number of hydrogen-bond donors (Lipinski definition) is 2. The van der Waals surface area contributed by atoms with Gasteiger partial charge < -0.3 is 5.32 Å². The first kappa shape index (κ1) is 18.9. The quantitative estimate of drug-likeness (QED) is 0.797. The summed E-state index contributed by atoms with van der Waals surface area (Å²) in [7, 11) is -3.67. The molecule has 26 heavy (non-hydrogen) atoms. The lowest BCUT2D eigenvalue weighted by atomic mass is 9.94. The lowest BCUT2D eigenvalue weighted by Gasteiger charge is -2.16. The number of carbonyl (C=O) groups is 1. The van der Waals surface area contributed by atoms with E-state index in [1.165, 1.54) is 37.8 Å². The predicted octanol–water partition coefficient (Wildman–Crippen LogP) is 3.31. The third-order valence-electron chi connectivity index (χ3n) is 5.15. The normalized spacial score (nSPS) is 19.2. The van der Waals surface area contributed by atoms with Gasteiger partial charge in [0.25, 0.3) is 10.0 Å². The molecule has 7 heteroatoms. The molecule has 6 nitrogen and oxygen atoms in total. The maximum Gasteiger partial charge on any atom is 0.262 e. The second kappa shape index (κ2) is 8.20. The molecule has 1 heterocycles. The van der Waals surface area contributed by atoms with Crippen molar-refractivity contribution in [3.05, 3.63) is 24.3 Å². The first-order valence-corrected chi connectivity index (χ1v) is 10.9. The Kier molecular flexibility index (Phi) is 5.96. The lowest BCUT2D eigenvalue weighted by Crippen LogP contribution is -2.29. The standard InChI is InChI=1S/C19H27N3O3S/c1-14(12-15-6-2-3-7-15)19(23)21-16-8-4-9-17(13-16)26(24,25)22-18-10-5-11-20-18/h4,8-9,13-15H,2-3,5-7,10-12H2,1H3,(H,20,22)(H,21,23). The van der Waals surface area contributed by atoms with Crippen LogP contribution in [0.2, 0.25) is 0 Å². The lowest BCUT2D eigenvalue weighted by molar-refractivity contribution is -0.119. The molecule has 2 N–H and O–H groups in total. The van der Waals surface area contributed by atoms with Crippen LogP contribution in [0.1, 0.15) is 51.9 Å². The molecule has 1 unspecified atom stereocenters. The Bertz CT molecular complexity index is 783. The summed E-state index contributed by atoms with van der Waals surface area (Å²) in [4.78, 5) is 16.7. The minimum Gasteiger partial charge on any atom is -0.326 e. The fourth-order valence-electron chi connectivity index (χ4n) is 3.70. The first-order chi connectivity index (χ1) is 12.4. The average molecular weight is 378 g/mol. The van der Waals surface area contributed by atoms with Gasteiger partial charge in [0.15, 0.2) is 0 Å². The van der Waals surface area contributed by atoms with E-state index >= 15 is 0 Å². The van der Waals surface area contributed by atoms with Crippen LogP contribution in [-0.4, -0.2) is 26.7 Å². The van der Waals surface area contributed by atoms with Crippen LogP contribution in [0.5, 0.6) is 0 Å². The number of aliphatic imine (C=N–C) groups is 1. The van der Waals surface area contributed by atoms with E-state index in [4.69, 9.17) is 0 Å². The van der Waals surface area contributed by atoms with Gasteiger partial charge in [0.1, 0.15) is 5.84 Å². The summed E-state index contributed by atoms with van der Waals surface area (Å²) in [5.41, 5.74) is 0.504. The van der Waals surface area contributed by atoms with Gasteiger partial charge in [-0.15, -0.1) is 0 Å². The number of sulfonamides is 1. The summed E-state index contributed by atoms with van der Waals surface area (Å²) in [6.07, 6.45) is 7.35. The molecule has 0 spiro atoms. The van der Waals surface area contributed by atoms with Crippen LogP contribution in [0.15, 0.2) is 34.2 Å². The Morgan fingerprint density at radius 3 is 2.73 bits per heavy atom. The molecule has 0 saturated heterocycles. The number of nitrogens with zero attached hydrogens (tertiary/aromatic N) is 1. The largest absolute Gasteiger partial charge is 0.326 e. The van der Waals surface area contributed by atoms with Crippen LogP contribution in [-0.2, 0) is 14.8 Å². The molecular formula is C19H27N3O3S. The zero-order valence-corrected chi connectivity index (χ0v) is 16.0. The maximum atomic E-state index is 12.5. The molecule has 1 atom stereocenters. The molecule has 1 saturated carbocycles. The van der Waals surface area contributed by atoms with Crippen LogP contribution in [0.4, 0.5) is 5.69 Å². The number of benzene rings is 1. The molecular weight excluding hydrogens is 350 g/mol. The minimum atomic E-state index is -3.67. The number of rotatable bonds is 6. The SMILES string of the molecule is CC(CC1CCCC1)C(=O)Nc1cccc(S(=O)(=O)NC2=NCCC2)c1. The van der Waals surface area contributed by atoms with Crippen molar-refractivity contribution < 1.29 is 13.2 Å². The monoisotopic (exact) mass is 377 g/mol. The summed E-state index contributed by atoms with van der Waals surface area (Å²) >= 11 is 0. The molecule has 1 fully saturated rings. The van der Waals surface area contributed by atoms with E-state index in [1.807, 2.05) is 6.92 Å². The molecule has 0 radical (unpaired) electrons. The van der Waals surface area contributed by atoms with Crippen molar-refractivity contribution in [3.63, 3.8) is 0 Å². The molecule has 0 bridgehead atoms. The van der Waals surface area contributed by atoms with Crippen LogP contribution in [0, 0.1) is 11.8 Å². The van der Waals surface area contributed by atoms with Crippen LogP contribution < -0.4 is 10.0 Å². The molecule has 1 aliphatic carbocycles. The van der Waals surface area contributed by atoms with Gasteiger partial charge in [-0.05, 0) is 37.0 Å². The average Bonchev–Trinajstić information content (AvgIpc) is 3.28. The molecule has 0 aromatic heterocycles. The highest BCUT2D eigenvalue weighted by molar-refractivity contribution is 7.90. The van der Waals surface area contributed by atoms with Crippen molar-refractivity contribution in [3.8, 4) is 0 Å². The molecule has 1 aromatic rings. The van der Waals surface area contributed by atoms with Gasteiger partial charge in [0.05, 0.1) is 4.90 Å². The third-order valence-corrected chi connectivity index (χ3v) is 6.53.